The maximum atomic E-state index is 13.1. The van der Waals surface area contributed by atoms with Crippen molar-refractivity contribution >= 4 is 32.8 Å². The molecule has 2 aliphatic rings. The zero-order valence-electron chi connectivity index (χ0n) is 18.4. The first-order valence-electron chi connectivity index (χ1n) is 11.1. The number of aromatic nitrogens is 2. The van der Waals surface area contributed by atoms with Gasteiger partial charge in [0.25, 0.3) is 0 Å². The van der Waals surface area contributed by atoms with Crippen LogP contribution in [0.4, 0.5) is 10.5 Å². The topological polar surface area (TPSA) is 108 Å². The Morgan fingerprint density at radius 2 is 1.97 bits per heavy atom. The van der Waals surface area contributed by atoms with Gasteiger partial charge >= 0.3 is 6.03 Å². The van der Waals surface area contributed by atoms with Crippen molar-refractivity contribution < 1.29 is 17.9 Å². The number of carbonyl (C=O) groups is 1. The minimum Gasteiger partial charge on any atom is -0.497 e. The van der Waals surface area contributed by atoms with Crippen molar-refractivity contribution in [2.24, 2.45) is 0 Å². The number of H-pyrrole nitrogens is 1. The number of fused-ring (bicyclic) bond motifs is 1. The first kappa shape index (κ1) is 21.7. The Bertz CT molecular complexity index is 1260. The van der Waals surface area contributed by atoms with E-state index in [1.54, 1.807) is 41.9 Å². The zero-order chi connectivity index (χ0) is 23.0. The maximum Gasteiger partial charge on any atom is 0.321 e. The molecule has 0 aliphatic carbocycles. The van der Waals surface area contributed by atoms with E-state index in [-0.39, 0.29) is 19.1 Å². The Morgan fingerprint density at radius 3 is 2.73 bits per heavy atom. The number of carbonyl (C=O) groups excluding carboxylic acids is 1. The van der Waals surface area contributed by atoms with Crippen molar-refractivity contribution in [3.8, 4) is 5.75 Å². The number of likely N-dealkylation sites (tertiary alicyclic amines) is 1. The lowest BCUT2D eigenvalue weighted by Crippen LogP contribution is -2.61. The zero-order valence-corrected chi connectivity index (χ0v) is 19.2. The van der Waals surface area contributed by atoms with E-state index in [4.69, 9.17) is 4.74 Å². The number of piperidine rings is 1. The average Bonchev–Trinajstić information content (AvgIpc) is 3.22. The number of amides is 2. The van der Waals surface area contributed by atoms with E-state index in [2.05, 4.69) is 21.4 Å². The molecule has 174 valence electrons. The van der Waals surface area contributed by atoms with Gasteiger partial charge < -0.3 is 19.9 Å². The number of rotatable bonds is 5. The third kappa shape index (κ3) is 4.16. The fourth-order valence-electron chi connectivity index (χ4n) is 4.64. The van der Waals surface area contributed by atoms with Crippen molar-refractivity contribution in [3.63, 3.8) is 0 Å². The van der Waals surface area contributed by atoms with Crippen LogP contribution in [-0.4, -0.2) is 72.2 Å². The highest BCUT2D eigenvalue weighted by atomic mass is 32.2. The summed E-state index contributed by atoms with van der Waals surface area (Å²) < 4.78 is 33.0. The number of aromatic amines is 1. The van der Waals surface area contributed by atoms with Gasteiger partial charge in [-0.3, -0.25) is 0 Å². The number of hydrogen-bond acceptors (Lipinski definition) is 5. The summed E-state index contributed by atoms with van der Waals surface area (Å²) in [7, 11) is -1.88. The first-order chi connectivity index (χ1) is 16.0. The maximum absolute atomic E-state index is 13.1. The van der Waals surface area contributed by atoms with Gasteiger partial charge in [-0.1, -0.05) is 6.07 Å². The minimum absolute atomic E-state index is 0.201. The number of sulfonamides is 1. The summed E-state index contributed by atoms with van der Waals surface area (Å²) in [5.41, 5.74) is 2.68. The average molecular weight is 470 g/mol. The largest absolute Gasteiger partial charge is 0.497 e. The van der Waals surface area contributed by atoms with Crippen molar-refractivity contribution in [1.82, 2.24) is 19.2 Å². The van der Waals surface area contributed by atoms with Crippen molar-refractivity contribution in [2.75, 3.05) is 38.6 Å². The molecule has 2 aromatic heterocycles. The molecule has 2 N–H and O–H groups in total. The third-order valence-electron chi connectivity index (χ3n) is 6.61. The number of methoxy groups -OCH3 is 1. The van der Waals surface area contributed by atoms with Crippen LogP contribution in [0, 0.1) is 0 Å². The molecule has 9 nitrogen and oxygen atoms in total. The van der Waals surface area contributed by atoms with Gasteiger partial charge in [0.15, 0.2) is 0 Å². The highest BCUT2D eigenvalue weighted by Crippen LogP contribution is 2.34. The van der Waals surface area contributed by atoms with E-state index in [0.717, 1.165) is 23.9 Å². The lowest BCUT2D eigenvalue weighted by atomic mass is 9.90. The number of benzene rings is 1. The molecular weight excluding hydrogens is 442 g/mol. The molecule has 1 aromatic carbocycles. The van der Waals surface area contributed by atoms with Gasteiger partial charge in [0.05, 0.1) is 7.11 Å². The van der Waals surface area contributed by atoms with E-state index in [1.165, 1.54) is 10.5 Å². The summed E-state index contributed by atoms with van der Waals surface area (Å²) in [6.45, 7) is 1.39. The summed E-state index contributed by atoms with van der Waals surface area (Å²) in [6.07, 6.45) is 5.30. The molecule has 0 unspecified atom stereocenters. The Kier molecular flexibility index (Phi) is 5.71. The van der Waals surface area contributed by atoms with Gasteiger partial charge in [-0.25, -0.2) is 22.5 Å². The predicted molar refractivity (Wildman–Crippen MR) is 126 cm³/mol. The van der Waals surface area contributed by atoms with Gasteiger partial charge in [-0.2, -0.15) is 0 Å². The van der Waals surface area contributed by atoms with Gasteiger partial charge in [0.1, 0.15) is 16.6 Å². The quantitative estimate of drug-likeness (QED) is 0.597. The summed E-state index contributed by atoms with van der Waals surface area (Å²) in [5, 5.41) is 3.35. The number of anilines is 1. The lowest BCUT2D eigenvalue weighted by molar-refractivity contribution is 0.179. The van der Waals surface area contributed by atoms with Crippen molar-refractivity contribution in [3.05, 3.63) is 54.4 Å². The summed E-state index contributed by atoms with van der Waals surface area (Å²) in [4.78, 5) is 21.6. The van der Waals surface area contributed by atoms with E-state index in [9.17, 15) is 13.2 Å². The molecule has 10 heteroatoms. The molecule has 33 heavy (non-hydrogen) atoms. The molecule has 4 heterocycles. The van der Waals surface area contributed by atoms with Gasteiger partial charge in [-0.05, 0) is 48.6 Å². The Labute approximate surface area is 192 Å². The minimum atomic E-state index is -3.44. The predicted octanol–water partition coefficient (Wildman–Crippen LogP) is 3.00. The lowest BCUT2D eigenvalue weighted by Gasteiger charge is -2.42. The van der Waals surface area contributed by atoms with E-state index >= 15 is 0 Å². The van der Waals surface area contributed by atoms with Crippen LogP contribution in [0.5, 0.6) is 5.75 Å². The Balaban J connectivity index is 1.16. The van der Waals surface area contributed by atoms with Crippen LogP contribution in [0.2, 0.25) is 0 Å². The second-order valence-corrected chi connectivity index (χ2v) is 10.8. The molecule has 2 amide bonds. The van der Waals surface area contributed by atoms with E-state index < -0.39 is 15.3 Å². The van der Waals surface area contributed by atoms with Crippen molar-refractivity contribution in [2.45, 2.75) is 24.0 Å². The second kappa shape index (κ2) is 8.68. The number of pyridine rings is 1. The highest BCUT2D eigenvalue weighted by Gasteiger charge is 2.43. The van der Waals surface area contributed by atoms with Crippen LogP contribution < -0.4 is 10.1 Å². The number of urea groups is 1. The van der Waals surface area contributed by atoms with Crippen LogP contribution in [0.3, 0.4) is 0 Å². The smallest absolute Gasteiger partial charge is 0.321 e. The molecule has 0 atom stereocenters. The van der Waals surface area contributed by atoms with Gasteiger partial charge in [-0.15, -0.1) is 0 Å². The molecule has 2 saturated heterocycles. The molecule has 2 fully saturated rings. The molecule has 2 aliphatic heterocycles. The van der Waals surface area contributed by atoms with E-state index in [1.807, 2.05) is 12.3 Å². The Hall–Kier alpha value is -3.11. The fraction of sp³-hybridized carbons (Fsp3) is 0.391. The molecular formula is C23H27N5O4S. The summed E-state index contributed by atoms with van der Waals surface area (Å²) in [5.74, 6) is 0.949. The summed E-state index contributed by atoms with van der Waals surface area (Å²) >= 11 is 0. The third-order valence-corrected chi connectivity index (χ3v) is 8.84. The number of nitrogens with one attached hydrogen (secondary N) is 2. The first-order valence-corrected chi connectivity index (χ1v) is 12.6. The second-order valence-electron chi connectivity index (χ2n) is 8.55. The molecule has 5 rings (SSSR count). The molecule has 3 aromatic rings. The van der Waals surface area contributed by atoms with Gasteiger partial charge in [0.2, 0.25) is 10.0 Å². The molecule has 0 bridgehead atoms. The van der Waals surface area contributed by atoms with Crippen LogP contribution in [0.1, 0.15) is 24.3 Å². The normalized spacial score (nSPS) is 18.3. The monoisotopic (exact) mass is 469 g/mol. The SMILES string of the molecule is COc1cccc(NC(=O)N2CC(S(=O)(=O)N3CCC(c4c[nH]c5ncccc45)CC3)C2)c1. The molecule has 0 spiro atoms. The fourth-order valence-corrected chi connectivity index (χ4v) is 6.52. The number of nitrogens with zero attached hydrogens (tertiary/aromatic N) is 3. The number of ether oxygens (including phenoxy) is 1. The van der Waals surface area contributed by atoms with Crippen LogP contribution in [0.15, 0.2) is 48.8 Å². The molecule has 0 radical (unpaired) electrons. The number of hydrogen-bond donors (Lipinski definition) is 2. The standard InChI is InChI=1S/C23H27N5O4S/c1-32-18-5-2-4-17(12-18)26-23(29)27-14-19(15-27)33(30,31)28-10-7-16(8-11-28)21-13-25-22-20(21)6-3-9-24-22/h2-6,9,12-13,16,19H,7-8,10-11,14-15H2,1H3,(H,24,25)(H,26,29). The van der Waals surface area contributed by atoms with Crippen LogP contribution >= 0.6 is 0 Å². The Morgan fingerprint density at radius 1 is 1.18 bits per heavy atom. The highest BCUT2D eigenvalue weighted by molar-refractivity contribution is 7.89. The molecule has 0 saturated carbocycles. The van der Waals surface area contributed by atoms with Crippen LogP contribution in [-0.2, 0) is 10.0 Å². The van der Waals surface area contributed by atoms with Crippen molar-refractivity contribution in [1.29, 1.82) is 0 Å². The van der Waals surface area contributed by atoms with Crippen LogP contribution in [0.25, 0.3) is 11.0 Å². The summed E-state index contributed by atoms with van der Waals surface area (Å²) in [6, 6.07) is 10.7. The van der Waals surface area contributed by atoms with Gasteiger partial charge in [0, 0.05) is 55.7 Å². The van der Waals surface area contributed by atoms with E-state index in [0.29, 0.717) is 30.4 Å².